The number of nitrogens with one attached hydrogen (secondary N) is 1. The molecule has 0 aliphatic carbocycles. The molecule has 0 radical (unpaired) electrons. The monoisotopic (exact) mass is 361 g/mol. The molecular formula is C18H21N2O2S2+. The van der Waals surface area contributed by atoms with Crippen LogP contribution in [-0.4, -0.2) is 26.3 Å². The first-order chi connectivity index (χ1) is 11.7. The quantitative estimate of drug-likeness (QED) is 0.702. The average molecular weight is 362 g/mol. The lowest BCUT2D eigenvalue weighted by Gasteiger charge is -2.11. The smallest absolute Gasteiger partial charge is 0.161 e. The highest BCUT2D eigenvalue weighted by atomic mass is 32.1. The van der Waals surface area contributed by atoms with E-state index in [0.717, 1.165) is 40.9 Å². The third kappa shape index (κ3) is 3.95. The van der Waals surface area contributed by atoms with Crippen LogP contribution in [0.2, 0.25) is 0 Å². The van der Waals surface area contributed by atoms with Crippen molar-refractivity contribution in [3.05, 3.63) is 51.7 Å². The Hall–Kier alpha value is -1.89. The van der Waals surface area contributed by atoms with Gasteiger partial charge in [0.05, 0.1) is 21.3 Å². The molecule has 2 heterocycles. The van der Waals surface area contributed by atoms with Gasteiger partial charge in [-0.3, -0.25) is 0 Å². The Kier molecular flexibility index (Phi) is 5.50. The maximum absolute atomic E-state index is 5.38. The molecule has 0 spiro atoms. The summed E-state index contributed by atoms with van der Waals surface area (Å²) in [4.78, 5) is 6.21. The number of rotatable bonds is 7. The number of aromatic nitrogens is 1. The van der Waals surface area contributed by atoms with Gasteiger partial charge in [0.1, 0.15) is 23.8 Å². The van der Waals surface area contributed by atoms with E-state index in [1.807, 2.05) is 18.2 Å². The summed E-state index contributed by atoms with van der Waals surface area (Å²) in [6.07, 6.45) is 0. The SMILES string of the molecule is COc1ccc(-c2nc(C[NH+](C)Cc3ccsc3)cs2)cc1OC. The Labute approximate surface area is 150 Å². The van der Waals surface area contributed by atoms with E-state index in [4.69, 9.17) is 14.5 Å². The zero-order chi connectivity index (χ0) is 16.9. The van der Waals surface area contributed by atoms with Gasteiger partial charge in [-0.15, -0.1) is 11.3 Å². The third-order valence-corrected chi connectivity index (χ3v) is 5.42. The minimum Gasteiger partial charge on any atom is -0.493 e. The predicted octanol–water partition coefficient (Wildman–Crippen LogP) is 3.10. The van der Waals surface area contributed by atoms with E-state index in [-0.39, 0.29) is 0 Å². The Bertz CT molecular complexity index is 784. The summed E-state index contributed by atoms with van der Waals surface area (Å²) in [7, 11) is 5.50. The highest BCUT2D eigenvalue weighted by Gasteiger charge is 2.12. The van der Waals surface area contributed by atoms with E-state index in [1.165, 1.54) is 10.5 Å². The molecule has 4 nitrogen and oxygen atoms in total. The van der Waals surface area contributed by atoms with Crippen molar-refractivity contribution in [2.75, 3.05) is 21.3 Å². The minimum atomic E-state index is 0.729. The molecule has 1 aromatic carbocycles. The van der Waals surface area contributed by atoms with Gasteiger partial charge in [-0.2, -0.15) is 11.3 Å². The number of benzene rings is 1. The Morgan fingerprint density at radius 3 is 2.58 bits per heavy atom. The second-order valence-corrected chi connectivity index (χ2v) is 7.29. The Morgan fingerprint density at radius 2 is 1.88 bits per heavy atom. The average Bonchev–Trinajstić information content (AvgIpc) is 3.26. The van der Waals surface area contributed by atoms with Gasteiger partial charge in [0.15, 0.2) is 11.5 Å². The first kappa shape index (κ1) is 17.0. The summed E-state index contributed by atoms with van der Waals surface area (Å²) in [5.41, 5.74) is 3.56. The molecule has 6 heteroatoms. The van der Waals surface area contributed by atoms with Crippen molar-refractivity contribution in [1.29, 1.82) is 0 Å². The maximum Gasteiger partial charge on any atom is 0.161 e. The van der Waals surface area contributed by atoms with Crippen molar-refractivity contribution in [3.63, 3.8) is 0 Å². The summed E-state index contributed by atoms with van der Waals surface area (Å²) in [6.45, 7) is 1.94. The normalized spacial score (nSPS) is 12.1. The van der Waals surface area contributed by atoms with Crippen LogP contribution in [0, 0.1) is 0 Å². The largest absolute Gasteiger partial charge is 0.493 e. The summed E-state index contributed by atoms with van der Waals surface area (Å²) in [5.74, 6) is 1.46. The van der Waals surface area contributed by atoms with Gasteiger partial charge in [-0.05, 0) is 35.0 Å². The van der Waals surface area contributed by atoms with Crippen LogP contribution in [-0.2, 0) is 13.1 Å². The van der Waals surface area contributed by atoms with Crippen molar-refractivity contribution in [1.82, 2.24) is 4.98 Å². The fourth-order valence-corrected chi connectivity index (χ4v) is 4.09. The van der Waals surface area contributed by atoms with Crippen LogP contribution in [0.5, 0.6) is 11.5 Å². The summed E-state index contributed by atoms with van der Waals surface area (Å²) in [6, 6.07) is 8.10. The van der Waals surface area contributed by atoms with Gasteiger partial charge in [0, 0.05) is 16.5 Å². The van der Waals surface area contributed by atoms with Crippen molar-refractivity contribution in [2.24, 2.45) is 0 Å². The topological polar surface area (TPSA) is 35.8 Å². The van der Waals surface area contributed by atoms with Gasteiger partial charge in [0.25, 0.3) is 0 Å². The van der Waals surface area contributed by atoms with Crippen molar-refractivity contribution >= 4 is 22.7 Å². The number of hydrogen-bond donors (Lipinski definition) is 1. The fraction of sp³-hybridized carbons (Fsp3) is 0.278. The van der Waals surface area contributed by atoms with E-state index in [2.05, 4.69) is 29.3 Å². The molecule has 1 atom stereocenters. The number of hydrogen-bond acceptors (Lipinski definition) is 5. The second-order valence-electron chi connectivity index (χ2n) is 5.66. The summed E-state index contributed by atoms with van der Waals surface area (Å²) < 4.78 is 10.7. The molecule has 0 saturated heterocycles. The molecule has 1 N–H and O–H groups in total. The lowest BCUT2D eigenvalue weighted by Crippen LogP contribution is -3.06. The molecule has 0 saturated carbocycles. The molecule has 3 aromatic rings. The summed E-state index contributed by atoms with van der Waals surface area (Å²) >= 11 is 3.41. The molecular weight excluding hydrogens is 340 g/mol. The van der Waals surface area contributed by atoms with E-state index in [1.54, 1.807) is 36.9 Å². The van der Waals surface area contributed by atoms with Gasteiger partial charge >= 0.3 is 0 Å². The van der Waals surface area contributed by atoms with E-state index in [9.17, 15) is 0 Å². The van der Waals surface area contributed by atoms with Gasteiger partial charge in [-0.1, -0.05) is 0 Å². The number of quaternary nitrogens is 1. The van der Waals surface area contributed by atoms with Crippen molar-refractivity contribution in [3.8, 4) is 22.1 Å². The molecule has 2 aromatic heterocycles. The van der Waals surface area contributed by atoms with Crippen LogP contribution in [0.25, 0.3) is 10.6 Å². The van der Waals surface area contributed by atoms with Crippen LogP contribution in [0.1, 0.15) is 11.3 Å². The van der Waals surface area contributed by atoms with Crippen LogP contribution in [0.3, 0.4) is 0 Å². The molecule has 1 unspecified atom stereocenters. The minimum absolute atomic E-state index is 0.729. The molecule has 0 amide bonds. The third-order valence-electron chi connectivity index (χ3n) is 3.75. The Balaban J connectivity index is 1.71. The molecule has 3 rings (SSSR count). The standard InChI is InChI=1S/C18H20N2O2S2/c1-20(9-13-6-7-23-11-13)10-15-12-24-18(19-15)14-4-5-16(21-2)17(8-14)22-3/h4-8,11-12H,9-10H2,1-3H3/p+1. The fourth-order valence-electron chi connectivity index (χ4n) is 2.60. The zero-order valence-electron chi connectivity index (χ0n) is 14.0. The number of nitrogens with zero attached hydrogens (tertiary/aromatic N) is 1. The van der Waals surface area contributed by atoms with Crippen LogP contribution >= 0.6 is 22.7 Å². The molecule has 0 fully saturated rings. The summed E-state index contributed by atoms with van der Waals surface area (Å²) in [5, 5.41) is 7.48. The number of methoxy groups -OCH3 is 2. The molecule has 0 bridgehead atoms. The van der Waals surface area contributed by atoms with E-state index >= 15 is 0 Å². The van der Waals surface area contributed by atoms with Crippen LogP contribution in [0.4, 0.5) is 0 Å². The maximum atomic E-state index is 5.38. The first-order valence-corrected chi connectivity index (χ1v) is 9.51. The lowest BCUT2D eigenvalue weighted by atomic mass is 10.2. The number of thiazole rings is 1. The van der Waals surface area contributed by atoms with Crippen molar-refractivity contribution < 1.29 is 14.4 Å². The highest BCUT2D eigenvalue weighted by molar-refractivity contribution is 7.13. The Morgan fingerprint density at radius 1 is 1.04 bits per heavy atom. The highest BCUT2D eigenvalue weighted by Crippen LogP contribution is 2.33. The van der Waals surface area contributed by atoms with Crippen molar-refractivity contribution in [2.45, 2.75) is 13.1 Å². The molecule has 0 aliphatic heterocycles. The van der Waals surface area contributed by atoms with Crippen LogP contribution in [0.15, 0.2) is 40.4 Å². The number of thiophene rings is 1. The van der Waals surface area contributed by atoms with Gasteiger partial charge in [-0.25, -0.2) is 4.98 Å². The second kappa shape index (κ2) is 7.79. The van der Waals surface area contributed by atoms with Gasteiger partial charge < -0.3 is 14.4 Å². The predicted molar refractivity (Wildman–Crippen MR) is 99.3 cm³/mol. The first-order valence-electron chi connectivity index (χ1n) is 7.68. The zero-order valence-corrected chi connectivity index (χ0v) is 15.7. The molecule has 126 valence electrons. The van der Waals surface area contributed by atoms with Gasteiger partial charge in [0.2, 0.25) is 0 Å². The van der Waals surface area contributed by atoms with E-state index < -0.39 is 0 Å². The molecule has 0 aliphatic rings. The number of ether oxygens (including phenoxy) is 2. The van der Waals surface area contributed by atoms with E-state index in [0.29, 0.717) is 0 Å². The lowest BCUT2D eigenvalue weighted by molar-refractivity contribution is -0.908. The van der Waals surface area contributed by atoms with Crippen LogP contribution < -0.4 is 14.4 Å². The molecule has 24 heavy (non-hydrogen) atoms.